The smallest absolute Gasteiger partial charge is 0.271 e. The van der Waals surface area contributed by atoms with Gasteiger partial charge in [0.1, 0.15) is 5.69 Å². The van der Waals surface area contributed by atoms with E-state index >= 15 is 0 Å². The first-order valence-electron chi connectivity index (χ1n) is 8.39. The Morgan fingerprint density at radius 1 is 0.889 bits per heavy atom. The lowest BCUT2D eigenvalue weighted by molar-refractivity contribution is 0.0945. The number of carbonyl (C=O) groups is 2. The standard InChI is InChI=1S/C21H15N3O2S/c25-20(14-6-2-1-3-7-14)19-11-10-15(27-19)12-23-21(26)18-13-22-16-8-4-5-9-17(16)24-18/h1-11,13H,12H2,(H,23,26). The van der Waals surface area contributed by atoms with Crippen LogP contribution in [0.5, 0.6) is 0 Å². The number of aromatic nitrogens is 2. The highest BCUT2D eigenvalue weighted by Gasteiger charge is 2.13. The van der Waals surface area contributed by atoms with Crippen molar-refractivity contribution < 1.29 is 9.59 Å². The molecule has 0 aliphatic heterocycles. The largest absolute Gasteiger partial charge is 0.346 e. The number of nitrogens with one attached hydrogen (secondary N) is 1. The van der Waals surface area contributed by atoms with Crippen molar-refractivity contribution in [2.24, 2.45) is 0 Å². The van der Waals surface area contributed by atoms with E-state index in [1.807, 2.05) is 48.5 Å². The van der Waals surface area contributed by atoms with E-state index in [1.54, 1.807) is 18.2 Å². The van der Waals surface area contributed by atoms with Crippen molar-refractivity contribution in [2.45, 2.75) is 6.54 Å². The zero-order valence-electron chi connectivity index (χ0n) is 14.3. The number of hydrogen-bond acceptors (Lipinski definition) is 5. The molecule has 0 atom stereocenters. The van der Waals surface area contributed by atoms with E-state index < -0.39 is 0 Å². The van der Waals surface area contributed by atoms with Crippen molar-refractivity contribution in [3.63, 3.8) is 0 Å². The van der Waals surface area contributed by atoms with Crippen LogP contribution < -0.4 is 5.32 Å². The topological polar surface area (TPSA) is 72.0 Å². The molecular formula is C21H15N3O2S. The fourth-order valence-corrected chi connectivity index (χ4v) is 3.56. The molecule has 1 amide bonds. The van der Waals surface area contributed by atoms with Gasteiger partial charge in [-0.25, -0.2) is 4.98 Å². The number of amides is 1. The van der Waals surface area contributed by atoms with Gasteiger partial charge in [0.15, 0.2) is 0 Å². The molecular weight excluding hydrogens is 358 g/mol. The van der Waals surface area contributed by atoms with Crippen molar-refractivity contribution >= 4 is 34.1 Å². The maximum Gasteiger partial charge on any atom is 0.271 e. The molecule has 6 heteroatoms. The Balaban J connectivity index is 1.43. The van der Waals surface area contributed by atoms with Gasteiger partial charge in [-0.3, -0.25) is 14.6 Å². The minimum absolute atomic E-state index is 0.0152. The van der Waals surface area contributed by atoms with E-state index in [9.17, 15) is 9.59 Å². The van der Waals surface area contributed by atoms with Gasteiger partial charge in [-0.1, -0.05) is 42.5 Å². The number of ketones is 1. The number of thiophene rings is 1. The summed E-state index contributed by atoms with van der Waals surface area (Å²) in [5, 5.41) is 2.83. The lowest BCUT2D eigenvalue weighted by Gasteiger charge is -2.04. The Morgan fingerprint density at radius 3 is 2.44 bits per heavy atom. The lowest BCUT2D eigenvalue weighted by Crippen LogP contribution is -2.23. The van der Waals surface area contributed by atoms with Crippen LogP contribution in [-0.2, 0) is 6.54 Å². The molecule has 0 radical (unpaired) electrons. The molecule has 5 nitrogen and oxygen atoms in total. The van der Waals surface area contributed by atoms with E-state index in [0.29, 0.717) is 22.5 Å². The number of para-hydroxylation sites is 2. The summed E-state index contributed by atoms with van der Waals surface area (Å²) in [6.07, 6.45) is 1.47. The number of fused-ring (bicyclic) bond motifs is 1. The predicted molar refractivity (Wildman–Crippen MR) is 105 cm³/mol. The average Bonchev–Trinajstić information content (AvgIpc) is 3.21. The van der Waals surface area contributed by atoms with Gasteiger partial charge in [-0.15, -0.1) is 11.3 Å². The van der Waals surface area contributed by atoms with Crippen molar-refractivity contribution in [3.05, 3.63) is 93.9 Å². The van der Waals surface area contributed by atoms with Crippen LogP contribution in [0.3, 0.4) is 0 Å². The van der Waals surface area contributed by atoms with Gasteiger partial charge in [-0.05, 0) is 24.3 Å². The first-order valence-corrected chi connectivity index (χ1v) is 9.21. The van der Waals surface area contributed by atoms with Crippen LogP contribution in [0.4, 0.5) is 0 Å². The van der Waals surface area contributed by atoms with E-state index in [4.69, 9.17) is 0 Å². The highest BCUT2D eigenvalue weighted by molar-refractivity contribution is 7.14. The summed E-state index contributed by atoms with van der Waals surface area (Å²) < 4.78 is 0. The first kappa shape index (κ1) is 17.1. The zero-order valence-corrected chi connectivity index (χ0v) is 15.1. The molecule has 1 N–H and O–H groups in total. The minimum Gasteiger partial charge on any atom is -0.346 e. The second-order valence-electron chi connectivity index (χ2n) is 5.89. The predicted octanol–water partition coefficient (Wildman–Crippen LogP) is 3.85. The molecule has 0 saturated heterocycles. The first-order chi connectivity index (χ1) is 13.2. The highest BCUT2D eigenvalue weighted by Crippen LogP contribution is 2.20. The molecule has 0 bridgehead atoms. The van der Waals surface area contributed by atoms with Crippen LogP contribution >= 0.6 is 11.3 Å². The number of nitrogens with zero attached hydrogens (tertiary/aromatic N) is 2. The quantitative estimate of drug-likeness (QED) is 0.539. The Labute approximate surface area is 159 Å². The van der Waals surface area contributed by atoms with Gasteiger partial charge in [0.25, 0.3) is 5.91 Å². The molecule has 4 rings (SSSR count). The Bertz CT molecular complexity index is 1120. The van der Waals surface area contributed by atoms with Crippen molar-refractivity contribution in [1.82, 2.24) is 15.3 Å². The molecule has 132 valence electrons. The number of rotatable bonds is 5. The molecule has 27 heavy (non-hydrogen) atoms. The molecule has 0 spiro atoms. The van der Waals surface area contributed by atoms with Crippen molar-refractivity contribution in [2.75, 3.05) is 0 Å². The maximum atomic E-state index is 12.4. The molecule has 2 heterocycles. The van der Waals surface area contributed by atoms with Gasteiger partial charge in [0.05, 0.1) is 28.7 Å². The summed E-state index contributed by atoms with van der Waals surface area (Å²) in [5.74, 6) is -0.309. The summed E-state index contributed by atoms with van der Waals surface area (Å²) >= 11 is 1.38. The van der Waals surface area contributed by atoms with Gasteiger partial charge in [0.2, 0.25) is 5.78 Å². The van der Waals surface area contributed by atoms with E-state index in [-0.39, 0.29) is 17.4 Å². The molecule has 0 aliphatic rings. The molecule has 4 aromatic rings. The molecule has 2 aromatic carbocycles. The second kappa shape index (κ2) is 7.47. The molecule has 2 aromatic heterocycles. The summed E-state index contributed by atoms with van der Waals surface area (Å²) in [4.78, 5) is 34.9. The Kier molecular flexibility index (Phi) is 4.72. The summed E-state index contributed by atoms with van der Waals surface area (Å²) in [6.45, 7) is 0.333. The van der Waals surface area contributed by atoms with Crippen LogP contribution in [0.15, 0.2) is 72.9 Å². The van der Waals surface area contributed by atoms with E-state index in [1.165, 1.54) is 17.5 Å². The van der Waals surface area contributed by atoms with Gasteiger partial charge in [0, 0.05) is 10.4 Å². The average molecular weight is 373 g/mol. The Hall–Kier alpha value is -3.38. The molecule has 0 aliphatic carbocycles. The summed E-state index contributed by atoms with van der Waals surface area (Å²) in [7, 11) is 0. The molecule has 0 unspecified atom stereocenters. The van der Waals surface area contributed by atoms with Crippen molar-refractivity contribution in [3.8, 4) is 0 Å². The number of benzene rings is 2. The minimum atomic E-state index is -0.294. The third-order valence-electron chi connectivity index (χ3n) is 4.03. The van der Waals surface area contributed by atoms with Crippen LogP contribution in [-0.4, -0.2) is 21.7 Å². The summed E-state index contributed by atoms with van der Waals surface area (Å²) in [6, 6.07) is 20.2. The fourth-order valence-electron chi connectivity index (χ4n) is 2.65. The second-order valence-corrected chi connectivity index (χ2v) is 7.06. The molecule has 0 saturated carbocycles. The Morgan fingerprint density at radius 2 is 1.63 bits per heavy atom. The van der Waals surface area contributed by atoms with Crippen LogP contribution in [0.2, 0.25) is 0 Å². The van der Waals surface area contributed by atoms with Crippen molar-refractivity contribution in [1.29, 1.82) is 0 Å². The zero-order chi connectivity index (χ0) is 18.6. The van der Waals surface area contributed by atoms with Gasteiger partial charge < -0.3 is 5.32 Å². The number of carbonyl (C=O) groups excluding carboxylic acids is 2. The van der Waals surface area contributed by atoms with Gasteiger partial charge in [-0.2, -0.15) is 0 Å². The normalized spacial score (nSPS) is 10.7. The van der Waals surface area contributed by atoms with E-state index in [0.717, 1.165) is 10.4 Å². The van der Waals surface area contributed by atoms with Crippen LogP contribution in [0.25, 0.3) is 11.0 Å². The monoisotopic (exact) mass is 373 g/mol. The fraction of sp³-hybridized carbons (Fsp3) is 0.0476. The van der Waals surface area contributed by atoms with Crippen LogP contribution in [0.1, 0.15) is 30.6 Å². The molecule has 0 fully saturated rings. The van der Waals surface area contributed by atoms with E-state index in [2.05, 4.69) is 15.3 Å². The van der Waals surface area contributed by atoms with Gasteiger partial charge >= 0.3 is 0 Å². The maximum absolute atomic E-state index is 12.4. The number of hydrogen-bond donors (Lipinski definition) is 1. The third kappa shape index (κ3) is 3.75. The highest BCUT2D eigenvalue weighted by atomic mass is 32.1. The van der Waals surface area contributed by atoms with Crippen LogP contribution in [0, 0.1) is 0 Å². The summed E-state index contributed by atoms with van der Waals surface area (Å²) in [5.41, 5.74) is 2.35. The lowest BCUT2D eigenvalue weighted by atomic mass is 10.1. The third-order valence-corrected chi connectivity index (χ3v) is 5.11. The SMILES string of the molecule is O=C(NCc1ccc(C(=O)c2ccccc2)s1)c1cnc2ccccc2n1.